The Morgan fingerprint density at radius 3 is 2.67 bits per heavy atom. The first-order valence-corrected chi connectivity index (χ1v) is 12.4. The molecule has 0 radical (unpaired) electrons. The van der Waals surface area contributed by atoms with Crippen LogP contribution in [0, 0.1) is 0 Å². The van der Waals surface area contributed by atoms with E-state index in [1.165, 1.54) is 13.2 Å². The van der Waals surface area contributed by atoms with Crippen LogP contribution in [-0.2, 0) is 39.1 Å². The van der Waals surface area contributed by atoms with Gasteiger partial charge in [-0.3, -0.25) is 4.79 Å². The van der Waals surface area contributed by atoms with Gasteiger partial charge in [0.05, 0.1) is 31.4 Å². The standard InChI is InChI=1S/C28H30F3NO4/c1-27(15-25(33)34-2)26-21(11-12-36-27)22-14-19(8-10-24(22)32-26)35-16-17-7-9-20(18-5-3-4-6-18)23(13-17)28(29,30)31/h7-10,13-14,18,32H,3-6,11-12,15-16H2,1-2H3. The number of rotatable bonds is 6. The highest BCUT2D eigenvalue weighted by atomic mass is 19.4. The average Bonchev–Trinajstić information content (AvgIpc) is 3.51. The van der Waals surface area contributed by atoms with Crippen molar-refractivity contribution in [3.8, 4) is 5.75 Å². The van der Waals surface area contributed by atoms with Crippen molar-refractivity contribution < 1.29 is 32.2 Å². The third kappa shape index (κ3) is 4.71. The molecule has 1 N–H and O–H groups in total. The summed E-state index contributed by atoms with van der Waals surface area (Å²) in [6.45, 7) is 2.36. The van der Waals surface area contributed by atoms with Crippen LogP contribution in [-0.4, -0.2) is 24.7 Å². The molecule has 1 atom stereocenters. The van der Waals surface area contributed by atoms with Gasteiger partial charge in [-0.15, -0.1) is 0 Å². The van der Waals surface area contributed by atoms with E-state index in [4.69, 9.17) is 14.2 Å². The number of carbonyl (C=O) groups excluding carboxylic acids is 1. The molecule has 2 heterocycles. The molecule has 3 aromatic rings. The molecule has 0 spiro atoms. The number of esters is 1. The highest BCUT2D eigenvalue weighted by molar-refractivity contribution is 5.87. The molecule has 0 bridgehead atoms. The molecule has 0 amide bonds. The van der Waals surface area contributed by atoms with Gasteiger partial charge < -0.3 is 19.2 Å². The summed E-state index contributed by atoms with van der Waals surface area (Å²) in [6, 6.07) is 10.2. The number of H-pyrrole nitrogens is 1. The third-order valence-corrected chi connectivity index (χ3v) is 7.51. The van der Waals surface area contributed by atoms with Gasteiger partial charge in [0.1, 0.15) is 18.0 Å². The first kappa shape index (κ1) is 24.7. The SMILES string of the molecule is COC(=O)CC1(C)OCCc2c1[nH]c1ccc(OCc3ccc(C4CCCC4)c(C(F)(F)F)c3)cc21. The van der Waals surface area contributed by atoms with Crippen LogP contribution in [0.5, 0.6) is 5.75 Å². The fourth-order valence-corrected chi connectivity index (χ4v) is 5.66. The Kier molecular flexibility index (Phi) is 6.49. The number of fused-ring (bicyclic) bond motifs is 3. The van der Waals surface area contributed by atoms with Crippen molar-refractivity contribution in [2.75, 3.05) is 13.7 Å². The lowest BCUT2D eigenvalue weighted by molar-refractivity contribution is -0.150. The van der Waals surface area contributed by atoms with E-state index in [1.54, 1.807) is 18.2 Å². The Morgan fingerprint density at radius 2 is 1.94 bits per heavy atom. The highest BCUT2D eigenvalue weighted by Gasteiger charge is 2.39. The Balaban J connectivity index is 1.39. The van der Waals surface area contributed by atoms with Gasteiger partial charge in [0.2, 0.25) is 0 Å². The minimum atomic E-state index is -4.39. The summed E-state index contributed by atoms with van der Waals surface area (Å²) in [5.74, 6) is 0.191. The zero-order chi connectivity index (χ0) is 25.5. The highest BCUT2D eigenvalue weighted by Crippen LogP contribution is 2.43. The van der Waals surface area contributed by atoms with E-state index >= 15 is 0 Å². The number of methoxy groups -OCH3 is 1. The molecule has 0 saturated heterocycles. The Bertz CT molecular complexity index is 1280. The molecule has 192 valence electrons. The number of alkyl halides is 3. The summed E-state index contributed by atoms with van der Waals surface area (Å²) >= 11 is 0. The smallest absolute Gasteiger partial charge is 0.416 e. The Morgan fingerprint density at radius 1 is 1.17 bits per heavy atom. The second-order valence-corrected chi connectivity index (χ2v) is 9.96. The molecule has 1 aliphatic heterocycles. The van der Waals surface area contributed by atoms with E-state index in [0.717, 1.165) is 47.8 Å². The van der Waals surface area contributed by atoms with Crippen molar-refractivity contribution >= 4 is 16.9 Å². The molecule has 1 aliphatic carbocycles. The summed E-state index contributed by atoms with van der Waals surface area (Å²) in [5.41, 5.74) is 2.29. The van der Waals surface area contributed by atoms with E-state index in [1.807, 2.05) is 19.1 Å². The molecule has 5 rings (SSSR count). The monoisotopic (exact) mass is 501 g/mol. The summed E-state index contributed by atoms with van der Waals surface area (Å²) in [7, 11) is 1.35. The normalized spacial score (nSPS) is 20.5. The van der Waals surface area contributed by atoms with E-state index in [-0.39, 0.29) is 24.9 Å². The summed E-state index contributed by atoms with van der Waals surface area (Å²) in [5, 5.41) is 0.953. The first-order valence-electron chi connectivity index (χ1n) is 12.4. The van der Waals surface area contributed by atoms with Gasteiger partial charge in [0, 0.05) is 10.9 Å². The number of benzene rings is 2. The van der Waals surface area contributed by atoms with Crippen LogP contribution < -0.4 is 4.74 Å². The Hall–Kier alpha value is -3.00. The molecule has 1 unspecified atom stereocenters. The minimum Gasteiger partial charge on any atom is -0.489 e. The molecule has 1 aromatic heterocycles. The molecule has 1 fully saturated rings. The maximum atomic E-state index is 13.8. The van der Waals surface area contributed by atoms with Crippen LogP contribution in [0.4, 0.5) is 13.2 Å². The maximum absolute atomic E-state index is 13.8. The molecule has 8 heteroatoms. The lowest BCUT2D eigenvalue weighted by Gasteiger charge is -2.33. The van der Waals surface area contributed by atoms with Crippen molar-refractivity contribution in [1.82, 2.24) is 4.98 Å². The van der Waals surface area contributed by atoms with Gasteiger partial charge in [0.15, 0.2) is 0 Å². The molecule has 5 nitrogen and oxygen atoms in total. The van der Waals surface area contributed by atoms with E-state index < -0.39 is 17.3 Å². The number of aromatic amines is 1. The number of carbonyl (C=O) groups is 1. The zero-order valence-electron chi connectivity index (χ0n) is 20.5. The predicted molar refractivity (Wildman–Crippen MR) is 129 cm³/mol. The largest absolute Gasteiger partial charge is 0.489 e. The fraction of sp³-hybridized carbons (Fsp3) is 0.464. The van der Waals surface area contributed by atoms with Crippen molar-refractivity contribution in [1.29, 1.82) is 0 Å². The van der Waals surface area contributed by atoms with E-state index in [2.05, 4.69) is 4.98 Å². The van der Waals surface area contributed by atoms with Crippen LogP contribution >= 0.6 is 0 Å². The van der Waals surface area contributed by atoms with Crippen LogP contribution in [0.15, 0.2) is 36.4 Å². The number of ether oxygens (including phenoxy) is 3. The quantitative estimate of drug-likeness (QED) is 0.379. The van der Waals surface area contributed by atoms with Crippen molar-refractivity contribution in [2.24, 2.45) is 0 Å². The number of aromatic nitrogens is 1. The average molecular weight is 502 g/mol. The van der Waals surface area contributed by atoms with Crippen molar-refractivity contribution in [2.45, 2.75) is 69.8 Å². The lowest BCUT2D eigenvalue weighted by Crippen LogP contribution is -2.35. The van der Waals surface area contributed by atoms with Crippen LogP contribution in [0.3, 0.4) is 0 Å². The summed E-state index contributed by atoms with van der Waals surface area (Å²) < 4.78 is 58.2. The van der Waals surface area contributed by atoms with Gasteiger partial charge >= 0.3 is 12.1 Å². The molecule has 1 saturated carbocycles. The van der Waals surface area contributed by atoms with Gasteiger partial charge in [-0.2, -0.15) is 13.2 Å². The van der Waals surface area contributed by atoms with Crippen LogP contribution in [0.2, 0.25) is 0 Å². The molecular formula is C28H30F3NO4. The second-order valence-electron chi connectivity index (χ2n) is 9.96. The van der Waals surface area contributed by atoms with Crippen LogP contribution in [0.1, 0.15) is 72.9 Å². The molecule has 2 aromatic carbocycles. The summed E-state index contributed by atoms with van der Waals surface area (Å²) in [6.07, 6.45) is -0.0559. The molecular weight excluding hydrogens is 471 g/mol. The number of nitrogens with one attached hydrogen (secondary N) is 1. The fourth-order valence-electron chi connectivity index (χ4n) is 5.66. The molecule has 36 heavy (non-hydrogen) atoms. The number of hydrogen-bond acceptors (Lipinski definition) is 4. The summed E-state index contributed by atoms with van der Waals surface area (Å²) in [4.78, 5) is 15.3. The number of halogens is 3. The maximum Gasteiger partial charge on any atom is 0.416 e. The minimum absolute atomic E-state index is 0.0207. The number of hydrogen-bond donors (Lipinski definition) is 1. The first-order chi connectivity index (χ1) is 17.2. The third-order valence-electron chi connectivity index (χ3n) is 7.51. The van der Waals surface area contributed by atoms with Gasteiger partial charge in [-0.25, -0.2) is 0 Å². The van der Waals surface area contributed by atoms with Gasteiger partial charge in [-0.1, -0.05) is 25.0 Å². The van der Waals surface area contributed by atoms with E-state index in [9.17, 15) is 18.0 Å². The second kappa shape index (κ2) is 9.47. The van der Waals surface area contributed by atoms with E-state index in [0.29, 0.717) is 29.9 Å². The van der Waals surface area contributed by atoms with Gasteiger partial charge in [-0.05, 0) is 73.1 Å². The Labute approximate surface area is 207 Å². The zero-order valence-corrected chi connectivity index (χ0v) is 20.5. The topological polar surface area (TPSA) is 60.5 Å². The van der Waals surface area contributed by atoms with Crippen molar-refractivity contribution in [3.63, 3.8) is 0 Å². The van der Waals surface area contributed by atoms with Gasteiger partial charge in [0.25, 0.3) is 0 Å². The molecule has 2 aliphatic rings. The predicted octanol–water partition coefficient (Wildman–Crippen LogP) is 6.77. The lowest BCUT2D eigenvalue weighted by atomic mass is 9.90. The van der Waals surface area contributed by atoms with Crippen molar-refractivity contribution in [3.05, 3.63) is 64.3 Å². The van der Waals surface area contributed by atoms with Crippen LogP contribution in [0.25, 0.3) is 10.9 Å².